The Bertz CT molecular complexity index is 274. The van der Waals surface area contributed by atoms with E-state index < -0.39 is 15.5 Å². The zero-order valence-electron chi connectivity index (χ0n) is 8.01. The Labute approximate surface area is 78.6 Å². The second-order valence-corrected chi connectivity index (χ2v) is 6.14. The fourth-order valence-electron chi connectivity index (χ4n) is 1.76. The van der Waals surface area contributed by atoms with Crippen molar-refractivity contribution < 1.29 is 12.8 Å². The van der Waals surface area contributed by atoms with Crippen LogP contribution in [0.5, 0.6) is 0 Å². The van der Waals surface area contributed by atoms with Gasteiger partial charge in [0.15, 0.2) is 9.84 Å². The average molecular weight is 209 g/mol. The minimum absolute atomic E-state index is 0.00167. The molecule has 0 amide bonds. The van der Waals surface area contributed by atoms with E-state index in [9.17, 15) is 12.8 Å². The Morgan fingerprint density at radius 3 is 2.62 bits per heavy atom. The van der Waals surface area contributed by atoms with Crippen molar-refractivity contribution in [1.29, 1.82) is 0 Å². The molecule has 0 radical (unpaired) electrons. The molecule has 5 heteroatoms. The lowest BCUT2D eigenvalue weighted by Gasteiger charge is -2.25. The predicted molar refractivity (Wildman–Crippen MR) is 50.2 cm³/mol. The average Bonchev–Trinajstić information content (AvgIpc) is 2.30. The molecule has 1 rings (SSSR count). The summed E-state index contributed by atoms with van der Waals surface area (Å²) >= 11 is 0. The van der Waals surface area contributed by atoms with Gasteiger partial charge in [0.2, 0.25) is 0 Å². The summed E-state index contributed by atoms with van der Waals surface area (Å²) in [6.45, 7) is 1.68. The molecular formula is C8H16FNO2S. The maximum atomic E-state index is 13.8. The van der Waals surface area contributed by atoms with Gasteiger partial charge in [0.25, 0.3) is 0 Å². The Kier molecular flexibility index (Phi) is 2.97. The molecule has 78 valence electrons. The molecule has 1 aliphatic rings. The van der Waals surface area contributed by atoms with Crippen LogP contribution in [0.15, 0.2) is 0 Å². The summed E-state index contributed by atoms with van der Waals surface area (Å²) in [7, 11) is -1.30. The smallest absolute Gasteiger partial charge is 0.150 e. The van der Waals surface area contributed by atoms with Gasteiger partial charge in [-0.2, -0.15) is 0 Å². The maximum Gasteiger partial charge on any atom is 0.150 e. The van der Waals surface area contributed by atoms with Crippen molar-refractivity contribution in [3.05, 3.63) is 0 Å². The Balaban J connectivity index is 2.65. The fourth-order valence-corrected chi connectivity index (χ4v) is 3.70. The number of hydrogen-bond donors (Lipinski definition) is 1. The molecule has 0 bridgehead atoms. The molecule has 0 saturated carbocycles. The fraction of sp³-hybridized carbons (Fsp3) is 1.00. The molecule has 1 N–H and O–H groups in total. The molecule has 3 nitrogen and oxygen atoms in total. The van der Waals surface area contributed by atoms with Gasteiger partial charge in [-0.05, 0) is 20.4 Å². The van der Waals surface area contributed by atoms with E-state index in [-0.39, 0.29) is 24.0 Å². The van der Waals surface area contributed by atoms with Crippen molar-refractivity contribution in [3.63, 3.8) is 0 Å². The molecule has 1 fully saturated rings. The largest absolute Gasteiger partial charge is 0.317 e. The summed E-state index contributed by atoms with van der Waals surface area (Å²) in [5, 5.41) is 2.74. The van der Waals surface area contributed by atoms with Gasteiger partial charge in [0.1, 0.15) is 5.67 Å². The van der Waals surface area contributed by atoms with E-state index in [0.717, 1.165) is 0 Å². The number of halogens is 1. The Morgan fingerprint density at radius 1 is 1.62 bits per heavy atom. The van der Waals surface area contributed by atoms with E-state index in [0.29, 0.717) is 6.42 Å². The number of hydrogen-bond acceptors (Lipinski definition) is 3. The van der Waals surface area contributed by atoms with Crippen LogP contribution in [-0.4, -0.2) is 39.2 Å². The lowest BCUT2D eigenvalue weighted by molar-refractivity contribution is 0.117. The zero-order chi connectivity index (χ0) is 10.1. The maximum absolute atomic E-state index is 13.8. The minimum Gasteiger partial charge on any atom is -0.317 e. The summed E-state index contributed by atoms with van der Waals surface area (Å²) in [5.41, 5.74) is -1.40. The van der Waals surface area contributed by atoms with Crippen LogP contribution >= 0.6 is 0 Å². The molecule has 1 heterocycles. The highest BCUT2D eigenvalue weighted by molar-refractivity contribution is 7.91. The highest BCUT2D eigenvalue weighted by atomic mass is 32.2. The second-order valence-electron chi connectivity index (χ2n) is 3.91. The molecular weight excluding hydrogens is 193 g/mol. The van der Waals surface area contributed by atoms with Crippen LogP contribution in [0.4, 0.5) is 4.39 Å². The highest BCUT2D eigenvalue weighted by Crippen LogP contribution is 2.31. The van der Waals surface area contributed by atoms with E-state index in [1.165, 1.54) is 6.92 Å². The Hall–Kier alpha value is -0.160. The monoisotopic (exact) mass is 209 g/mol. The third-order valence-electron chi connectivity index (χ3n) is 2.61. The van der Waals surface area contributed by atoms with Gasteiger partial charge in [-0.3, -0.25) is 0 Å². The highest BCUT2D eigenvalue weighted by Gasteiger charge is 2.41. The third-order valence-corrected chi connectivity index (χ3v) is 4.37. The molecule has 0 aliphatic carbocycles. The summed E-state index contributed by atoms with van der Waals surface area (Å²) < 4.78 is 36.0. The number of sulfone groups is 1. The van der Waals surface area contributed by atoms with Gasteiger partial charge in [0.05, 0.1) is 11.5 Å². The van der Waals surface area contributed by atoms with E-state index in [1.54, 1.807) is 7.05 Å². The van der Waals surface area contributed by atoms with Gasteiger partial charge in [0, 0.05) is 12.5 Å². The van der Waals surface area contributed by atoms with Crippen LogP contribution in [0.2, 0.25) is 0 Å². The van der Waals surface area contributed by atoms with Crippen molar-refractivity contribution in [1.82, 2.24) is 5.32 Å². The molecule has 0 aromatic rings. The first kappa shape index (κ1) is 10.9. The van der Waals surface area contributed by atoms with Crippen molar-refractivity contribution in [2.75, 3.05) is 25.1 Å². The second kappa shape index (κ2) is 3.53. The van der Waals surface area contributed by atoms with Crippen LogP contribution in [0.3, 0.4) is 0 Å². The molecule has 2 unspecified atom stereocenters. The number of nitrogens with one attached hydrogen (secondary N) is 1. The molecule has 1 aliphatic heterocycles. The van der Waals surface area contributed by atoms with Gasteiger partial charge in [-0.1, -0.05) is 0 Å². The van der Waals surface area contributed by atoms with Gasteiger partial charge in [-0.15, -0.1) is 0 Å². The molecule has 2 atom stereocenters. The van der Waals surface area contributed by atoms with E-state index in [4.69, 9.17) is 0 Å². The quantitative estimate of drug-likeness (QED) is 0.730. The number of rotatable bonds is 3. The predicted octanol–water partition coefficient (Wildman–Crippen LogP) is 0.369. The summed E-state index contributed by atoms with van der Waals surface area (Å²) in [6.07, 6.45) is 0.455. The van der Waals surface area contributed by atoms with Crippen molar-refractivity contribution in [2.45, 2.75) is 19.0 Å². The molecule has 1 saturated heterocycles. The van der Waals surface area contributed by atoms with Gasteiger partial charge in [-0.25, -0.2) is 12.8 Å². The van der Waals surface area contributed by atoms with E-state index in [2.05, 4.69) is 5.32 Å². The van der Waals surface area contributed by atoms with Crippen LogP contribution in [0.1, 0.15) is 13.3 Å². The summed E-state index contributed by atoms with van der Waals surface area (Å²) in [4.78, 5) is 0. The summed E-state index contributed by atoms with van der Waals surface area (Å²) in [6, 6.07) is 0. The SMILES string of the molecule is CNCC(C)(F)C1CCS(=O)(=O)C1. The van der Waals surface area contributed by atoms with Crippen molar-refractivity contribution >= 4 is 9.84 Å². The molecule has 13 heavy (non-hydrogen) atoms. The normalized spacial score (nSPS) is 31.5. The summed E-state index contributed by atoms with van der Waals surface area (Å²) in [5.74, 6) is -0.201. The van der Waals surface area contributed by atoms with Gasteiger partial charge >= 0.3 is 0 Å². The van der Waals surface area contributed by atoms with E-state index >= 15 is 0 Å². The van der Waals surface area contributed by atoms with Crippen LogP contribution in [0.25, 0.3) is 0 Å². The first-order valence-electron chi connectivity index (χ1n) is 4.41. The third kappa shape index (κ3) is 2.64. The first-order valence-corrected chi connectivity index (χ1v) is 6.23. The standard InChI is InChI=1S/C8H16FNO2S/c1-8(9,6-10-2)7-3-4-13(11,12)5-7/h7,10H,3-6H2,1-2H3. The van der Waals surface area contributed by atoms with Gasteiger partial charge < -0.3 is 5.32 Å². The zero-order valence-corrected chi connectivity index (χ0v) is 8.82. The lowest BCUT2D eigenvalue weighted by Crippen LogP contribution is -2.39. The number of alkyl halides is 1. The minimum atomic E-state index is -2.96. The first-order chi connectivity index (χ1) is 5.87. The van der Waals surface area contributed by atoms with Crippen LogP contribution in [0, 0.1) is 5.92 Å². The van der Waals surface area contributed by atoms with Crippen molar-refractivity contribution in [3.8, 4) is 0 Å². The van der Waals surface area contributed by atoms with Crippen LogP contribution in [-0.2, 0) is 9.84 Å². The van der Waals surface area contributed by atoms with E-state index in [1.807, 2.05) is 0 Å². The van der Waals surface area contributed by atoms with Crippen LogP contribution < -0.4 is 5.32 Å². The van der Waals surface area contributed by atoms with Crippen molar-refractivity contribution in [2.24, 2.45) is 5.92 Å². The topological polar surface area (TPSA) is 46.2 Å². The molecule has 0 aromatic carbocycles. The molecule has 0 spiro atoms. The molecule has 0 aromatic heterocycles. The Morgan fingerprint density at radius 2 is 2.23 bits per heavy atom. The lowest BCUT2D eigenvalue weighted by atomic mass is 9.90.